The maximum atomic E-state index is 11.6. The average Bonchev–Trinajstić information content (AvgIpc) is 2.44. The van der Waals surface area contributed by atoms with Crippen LogP contribution in [0.3, 0.4) is 0 Å². The van der Waals surface area contributed by atoms with E-state index >= 15 is 0 Å². The number of nitrogens with one attached hydrogen (secondary N) is 2. The molecule has 0 aliphatic rings. The lowest BCUT2D eigenvalue weighted by Gasteiger charge is -2.11. The smallest absolute Gasteiger partial charge is 0.405 e. The Labute approximate surface area is 121 Å². The van der Waals surface area contributed by atoms with Crippen LogP contribution in [0, 0.1) is 5.21 Å². The summed E-state index contributed by atoms with van der Waals surface area (Å²) in [6, 6.07) is 3.47. The van der Waals surface area contributed by atoms with Crippen LogP contribution >= 0.6 is 0 Å². The first-order valence-electron chi connectivity index (χ1n) is 6.39. The predicted molar refractivity (Wildman–Crippen MR) is 72.1 cm³/mol. The van der Waals surface area contributed by atoms with Crippen LogP contribution in [0.5, 0.6) is 0 Å². The number of carbonyl (C=O) groups excluding carboxylic acids is 3. The van der Waals surface area contributed by atoms with Crippen LogP contribution in [-0.2, 0) is 9.53 Å². The normalized spacial score (nSPS) is 11.3. The zero-order chi connectivity index (χ0) is 15.8. The van der Waals surface area contributed by atoms with Gasteiger partial charge in [0.05, 0.1) is 0 Å². The molecule has 21 heavy (non-hydrogen) atoms. The molecule has 114 valence electrons. The Bertz CT molecular complexity index is 532. The number of hydrogen-bond acceptors (Lipinski definition) is 5. The van der Waals surface area contributed by atoms with E-state index < -0.39 is 24.5 Å². The molecule has 0 unspecified atom stereocenters. The molecule has 0 radical (unpaired) electrons. The third-order valence-corrected chi connectivity index (χ3v) is 2.61. The highest BCUT2D eigenvalue weighted by Crippen LogP contribution is 1.94. The molecule has 8 heteroatoms. The molecule has 0 bridgehead atoms. The van der Waals surface area contributed by atoms with Gasteiger partial charge in [0.15, 0.2) is 12.8 Å². The molecular formula is C13H17N3O5. The zero-order valence-corrected chi connectivity index (χ0v) is 11.8. The number of pyridine rings is 1. The van der Waals surface area contributed by atoms with Crippen molar-refractivity contribution in [2.24, 2.45) is 0 Å². The summed E-state index contributed by atoms with van der Waals surface area (Å²) in [5, 5.41) is 15.8. The number of amides is 3. The first-order valence-corrected chi connectivity index (χ1v) is 6.39. The largest absolute Gasteiger partial charge is 0.618 e. The van der Waals surface area contributed by atoms with E-state index in [0.717, 1.165) is 6.20 Å². The van der Waals surface area contributed by atoms with Crippen molar-refractivity contribution >= 4 is 17.9 Å². The fourth-order valence-electron chi connectivity index (χ4n) is 1.32. The van der Waals surface area contributed by atoms with E-state index in [0.29, 0.717) is 11.2 Å². The van der Waals surface area contributed by atoms with Crippen LogP contribution in [0.2, 0.25) is 0 Å². The second-order valence-corrected chi connectivity index (χ2v) is 4.32. The van der Waals surface area contributed by atoms with Gasteiger partial charge in [-0.2, -0.15) is 4.73 Å². The topological polar surface area (TPSA) is 111 Å². The molecule has 2 N–H and O–H groups in total. The minimum absolute atomic E-state index is 0.0795. The minimum Gasteiger partial charge on any atom is -0.618 e. The van der Waals surface area contributed by atoms with Crippen LogP contribution in [-0.4, -0.2) is 30.6 Å². The molecule has 1 heterocycles. The second kappa shape index (κ2) is 7.83. The number of rotatable bonds is 5. The van der Waals surface area contributed by atoms with E-state index in [1.54, 1.807) is 6.92 Å². The van der Waals surface area contributed by atoms with Crippen molar-refractivity contribution in [3.8, 4) is 0 Å². The standard InChI is InChI=1S/C13H17N3O5/c1-3-9(2)14-13(19)15-11(17)8-21-12(18)10-6-4-5-7-16(10)20/h4-7,9H,3,8H2,1-2H3,(H2,14,15,17,19)/t9-/m0/s1. The summed E-state index contributed by atoms with van der Waals surface area (Å²) in [5.74, 6) is -1.72. The van der Waals surface area contributed by atoms with Crippen molar-refractivity contribution in [3.63, 3.8) is 0 Å². The molecule has 0 saturated carbocycles. The third kappa shape index (κ3) is 5.47. The summed E-state index contributed by atoms with van der Waals surface area (Å²) in [4.78, 5) is 34.3. The number of esters is 1. The van der Waals surface area contributed by atoms with Crippen LogP contribution in [0.25, 0.3) is 0 Å². The molecule has 1 aromatic heterocycles. The van der Waals surface area contributed by atoms with Gasteiger partial charge in [-0.25, -0.2) is 9.59 Å². The average molecular weight is 295 g/mol. The van der Waals surface area contributed by atoms with Gasteiger partial charge in [-0.05, 0) is 19.4 Å². The highest BCUT2D eigenvalue weighted by molar-refractivity contribution is 5.96. The number of carbonyl (C=O) groups is 3. The van der Waals surface area contributed by atoms with E-state index in [-0.39, 0.29) is 11.7 Å². The number of imide groups is 1. The van der Waals surface area contributed by atoms with Crippen molar-refractivity contribution < 1.29 is 23.9 Å². The zero-order valence-electron chi connectivity index (χ0n) is 11.8. The third-order valence-electron chi connectivity index (χ3n) is 2.61. The van der Waals surface area contributed by atoms with Crippen molar-refractivity contribution in [1.82, 2.24) is 10.6 Å². The maximum absolute atomic E-state index is 11.6. The van der Waals surface area contributed by atoms with Crippen LogP contribution in [0.1, 0.15) is 30.8 Å². The molecule has 1 rings (SSSR count). The molecule has 0 aromatic carbocycles. The van der Waals surface area contributed by atoms with Gasteiger partial charge < -0.3 is 15.3 Å². The Kier molecular flexibility index (Phi) is 6.12. The molecule has 1 aromatic rings. The Balaban J connectivity index is 2.41. The van der Waals surface area contributed by atoms with Gasteiger partial charge in [0.25, 0.3) is 5.91 Å². The Morgan fingerprint density at radius 2 is 2.10 bits per heavy atom. The van der Waals surface area contributed by atoms with Gasteiger partial charge in [-0.3, -0.25) is 10.1 Å². The number of ether oxygens (including phenoxy) is 1. The summed E-state index contributed by atoms with van der Waals surface area (Å²) in [5.41, 5.74) is -0.241. The Morgan fingerprint density at radius 1 is 1.38 bits per heavy atom. The first kappa shape index (κ1) is 16.4. The fourth-order valence-corrected chi connectivity index (χ4v) is 1.32. The summed E-state index contributed by atoms with van der Waals surface area (Å²) in [6.45, 7) is 3.01. The van der Waals surface area contributed by atoms with E-state index in [9.17, 15) is 19.6 Å². The SMILES string of the molecule is CC[C@H](C)NC(=O)NC(=O)COC(=O)c1cccc[n+]1[O-]. The van der Waals surface area contributed by atoms with E-state index in [1.807, 2.05) is 12.2 Å². The fraction of sp³-hybridized carbons (Fsp3) is 0.385. The van der Waals surface area contributed by atoms with Crippen molar-refractivity contribution in [1.29, 1.82) is 0 Å². The summed E-state index contributed by atoms with van der Waals surface area (Å²) < 4.78 is 4.98. The minimum atomic E-state index is -0.942. The van der Waals surface area contributed by atoms with E-state index in [2.05, 4.69) is 10.1 Å². The summed E-state index contributed by atoms with van der Waals surface area (Å²) in [7, 11) is 0. The van der Waals surface area contributed by atoms with Crippen LogP contribution in [0.15, 0.2) is 24.4 Å². The highest BCUT2D eigenvalue weighted by Gasteiger charge is 2.19. The quantitative estimate of drug-likeness (QED) is 0.454. The summed E-state index contributed by atoms with van der Waals surface area (Å²) >= 11 is 0. The van der Waals surface area contributed by atoms with Gasteiger partial charge in [-0.15, -0.1) is 0 Å². The van der Waals surface area contributed by atoms with Gasteiger partial charge in [0, 0.05) is 18.2 Å². The summed E-state index contributed by atoms with van der Waals surface area (Å²) in [6.07, 6.45) is 1.85. The van der Waals surface area contributed by atoms with Crippen molar-refractivity contribution in [2.45, 2.75) is 26.3 Å². The van der Waals surface area contributed by atoms with Crippen molar-refractivity contribution in [2.75, 3.05) is 6.61 Å². The Morgan fingerprint density at radius 3 is 2.71 bits per heavy atom. The first-order chi connectivity index (χ1) is 9.93. The number of urea groups is 1. The molecule has 0 aliphatic heterocycles. The van der Waals surface area contributed by atoms with Crippen molar-refractivity contribution in [3.05, 3.63) is 35.3 Å². The van der Waals surface area contributed by atoms with Gasteiger partial charge in [0.1, 0.15) is 0 Å². The lowest BCUT2D eigenvalue weighted by Crippen LogP contribution is -2.45. The predicted octanol–water partition coefficient (Wildman–Crippen LogP) is 0.101. The molecule has 0 spiro atoms. The molecular weight excluding hydrogens is 278 g/mol. The second-order valence-electron chi connectivity index (χ2n) is 4.32. The maximum Gasteiger partial charge on any atom is 0.405 e. The van der Waals surface area contributed by atoms with E-state index in [1.165, 1.54) is 18.2 Å². The lowest BCUT2D eigenvalue weighted by molar-refractivity contribution is -0.608. The van der Waals surface area contributed by atoms with Crippen LogP contribution in [0.4, 0.5) is 4.79 Å². The molecule has 0 saturated heterocycles. The molecule has 0 aliphatic carbocycles. The van der Waals surface area contributed by atoms with E-state index in [4.69, 9.17) is 0 Å². The molecule has 0 fully saturated rings. The highest BCUT2D eigenvalue weighted by atomic mass is 16.5. The number of aromatic nitrogens is 1. The van der Waals surface area contributed by atoms with Crippen LogP contribution < -0.4 is 15.4 Å². The molecule has 8 nitrogen and oxygen atoms in total. The lowest BCUT2D eigenvalue weighted by atomic mass is 10.3. The monoisotopic (exact) mass is 295 g/mol. The number of hydrogen-bond donors (Lipinski definition) is 2. The Hall–Kier alpha value is -2.64. The number of nitrogens with zero attached hydrogens (tertiary/aromatic N) is 1. The van der Waals surface area contributed by atoms with Gasteiger partial charge in [-0.1, -0.05) is 6.92 Å². The molecule has 3 amide bonds. The molecule has 1 atom stereocenters. The van der Waals surface area contributed by atoms with Gasteiger partial charge in [0.2, 0.25) is 0 Å². The van der Waals surface area contributed by atoms with Gasteiger partial charge >= 0.3 is 17.7 Å².